The molecule has 17 heavy (non-hydrogen) atoms. The number of anilines is 1. The van der Waals surface area contributed by atoms with Gasteiger partial charge in [0.15, 0.2) is 0 Å². The molecule has 0 aliphatic carbocycles. The summed E-state index contributed by atoms with van der Waals surface area (Å²) in [6.45, 7) is 1.53. The van der Waals surface area contributed by atoms with Gasteiger partial charge in [0.05, 0.1) is 13.2 Å². The molecule has 0 bridgehead atoms. The Balaban J connectivity index is 2.01. The number of hydrogen-bond acceptors (Lipinski definition) is 3. The first kappa shape index (κ1) is 12.3. The van der Waals surface area contributed by atoms with Gasteiger partial charge < -0.3 is 15.4 Å². The van der Waals surface area contributed by atoms with Gasteiger partial charge in [0.1, 0.15) is 11.9 Å². The third-order valence-electron chi connectivity index (χ3n) is 2.37. The van der Waals surface area contributed by atoms with Crippen molar-refractivity contribution in [3.05, 3.63) is 29.0 Å². The van der Waals surface area contributed by atoms with Crippen LogP contribution >= 0.6 is 11.6 Å². The number of rotatable bonds is 2. The molecule has 0 radical (unpaired) electrons. The van der Waals surface area contributed by atoms with Crippen molar-refractivity contribution in [1.82, 2.24) is 5.32 Å². The van der Waals surface area contributed by atoms with Gasteiger partial charge in [0.25, 0.3) is 0 Å². The molecule has 2 rings (SSSR count). The zero-order valence-electron chi connectivity index (χ0n) is 9.00. The fourth-order valence-electron chi connectivity index (χ4n) is 1.59. The smallest absolute Gasteiger partial charge is 0.243 e. The minimum Gasteiger partial charge on any atom is -0.378 e. The molecule has 4 nitrogen and oxygen atoms in total. The van der Waals surface area contributed by atoms with E-state index in [1.165, 1.54) is 18.2 Å². The summed E-state index contributed by atoms with van der Waals surface area (Å²) in [6, 6.07) is 3.48. The predicted molar refractivity (Wildman–Crippen MR) is 62.6 cm³/mol. The van der Waals surface area contributed by atoms with E-state index in [9.17, 15) is 9.18 Å². The van der Waals surface area contributed by atoms with Crippen LogP contribution in [0.4, 0.5) is 10.1 Å². The van der Waals surface area contributed by atoms with Crippen LogP contribution in [0.1, 0.15) is 0 Å². The van der Waals surface area contributed by atoms with E-state index in [1.807, 2.05) is 0 Å². The first-order valence-electron chi connectivity index (χ1n) is 5.23. The second kappa shape index (κ2) is 5.44. The van der Waals surface area contributed by atoms with Gasteiger partial charge in [-0.2, -0.15) is 0 Å². The van der Waals surface area contributed by atoms with Crippen LogP contribution in [0.25, 0.3) is 0 Å². The molecule has 6 heteroatoms. The lowest BCUT2D eigenvalue weighted by Crippen LogP contribution is -2.48. The Morgan fingerprint density at radius 2 is 2.35 bits per heavy atom. The van der Waals surface area contributed by atoms with Crippen LogP contribution in [0.15, 0.2) is 18.2 Å². The second-order valence-electron chi connectivity index (χ2n) is 3.73. The van der Waals surface area contributed by atoms with Gasteiger partial charge in [-0.05, 0) is 18.2 Å². The molecule has 1 fully saturated rings. The number of benzene rings is 1. The normalized spacial score (nSPS) is 20.0. The summed E-state index contributed by atoms with van der Waals surface area (Å²) in [5.41, 5.74) is 0.340. The first-order valence-corrected chi connectivity index (χ1v) is 5.61. The van der Waals surface area contributed by atoms with E-state index < -0.39 is 11.9 Å². The van der Waals surface area contributed by atoms with Gasteiger partial charge in [-0.15, -0.1) is 0 Å². The highest BCUT2D eigenvalue weighted by Gasteiger charge is 2.21. The maximum Gasteiger partial charge on any atom is 0.243 e. The lowest BCUT2D eigenvalue weighted by Gasteiger charge is -2.22. The lowest BCUT2D eigenvalue weighted by atomic mass is 10.2. The lowest BCUT2D eigenvalue weighted by molar-refractivity contribution is -0.120. The van der Waals surface area contributed by atoms with Crippen molar-refractivity contribution in [3.63, 3.8) is 0 Å². The third kappa shape index (κ3) is 3.39. The number of ether oxygens (including phenoxy) is 1. The average molecular weight is 259 g/mol. The van der Waals surface area contributed by atoms with E-state index in [4.69, 9.17) is 16.3 Å². The van der Waals surface area contributed by atoms with Gasteiger partial charge >= 0.3 is 0 Å². The summed E-state index contributed by atoms with van der Waals surface area (Å²) in [4.78, 5) is 11.8. The fraction of sp³-hybridized carbons (Fsp3) is 0.364. The van der Waals surface area contributed by atoms with Crippen molar-refractivity contribution in [3.8, 4) is 0 Å². The predicted octanol–water partition coefficient (Wildman–Crippen LogP) is 1.41. The van der Waals surface area contributed by atoms with Crippen LogP contribution in [-0.4, -0.2) is 31.7 Å². The van der Waals surface area contributed by atoms with E-state index in [1.54, 1.807) is 0 Å². The van der Waals surface area contributed by atoms with Crippen molar-refractivity contribution < 1.29 is 13.9 Å². The number of morpholine rings is 1. The van der Waals surface area contributed by atoms with Crippen molar-refractivity contribution >= 4 is 23.2 Å². The number of amides is 1. The summed E-state index contributed by atoms with van der Waals surface area (Å²) in [7, 11) is 0. The van der Waals surface area contributed by atoms with Gasteiger partial charge in [-0.3, -0.25) is 4.79 Å². The van der Waals surface area contributed by atoms with E-state index >= 15 is 0 Å². The summed E-state index contributed by atoms with van der Waals surface area (Å²) in [6.07, 6.45) is 0. The van der Waals surface area contributed by atoms with Crippen LogP contribution in [0.5, 0.6) is 0 Å². The van der Waals surface area contributed by atoms with Gasteiger partial charge in [-0.25, -0.2) is 4.39 Å². The minimum atomic E-state index is -0.486. The number of halogens is 2. The average Bonchev–Trinajstić information content (AvgIpc) is 2.28. The molecular formula is C11H12ClFN2O2. The monoisotopic (exact) mass is 258 g/mol. The maximum atomic E-state index is 13.0. The standard InChI is InChI=1S/C11H12ClFN2O2/c12-7-3-8(13)5-9(4-7)15-11(16)10-6-17-2-1-14-10/h3-5,10,14H,1-2,6H2,(H,15,16). The number of carbonyl (C=O) groups excluding carboxylic acids is 1. The second-order valence-corrected chi connectivity index (χ2v) is 4.17. The summed E-state index contributed by atoms with van der Waals surface area (Å²) in [5.74, 6) is -0.743. The SMILES string of the molecule is O=C(Nc1cc(F)cc(Cl)c1)C1COCCN1. The molecule has 0 saturated carbocycles. The molecule has 1 heterocycles. The molecule has 1 aromatic rings. The molecule has 1 aromatic carbocycles. The summed E-state index contributed by atoms with van der Waals surface area (Å²) in [5, 5.41) is 5.84. The van der Waals surface area contributed by atoms with Crippen LogP contribution < -0.4 is 10.6 Å². The van der Waals surface area contributed by atoms with E-state index in [2.05, 4.69) is 10.6 Å². The Bertz CT molecular complexity index is 402. The minimum absolute atomic E-state index is 0.244. The number of nitrogens with one attached hydrogen (secondary N) is 2. The molecule has 1 atom stereocenters. The van der Waals surface area contributed by atoms with Crippen molar-refractivity contribution in [2.24, 2.45) is 0 Å². The fourth-order valence-corrected chi connectivity index (χ4v) is 1.81. The summed E-state index contributed by atoms with van der Waals surface area (Å²) < 4.78 is 18.2. The Kier molecular flexibility index (Phi) is 3.93. The molecule has 1 saturated heterocycles. The highest BCUT2D eigenvalue weighted by atomic mass is 35.5. The third-order valence-corrected chi connectivity index (χ3v) is 2.59. The summed E-state index contributed by atoms with van der Waals surface area (Å²) >= 11 is 5.69. The molecule has 1 aliphatic rings. The molecular weight excluding hydrogens is 247 g/mol. The largest absolute Gasteiger partial charge is 0.378 e. The van der Waals surface area contributed by atoms with Gasteiger partial charge in [-0.1, -0.05) is 11.6 Å². The van der Waals surface area contributed by atoms with Crippen molar-refractivity contribution in [2.45, 2.75) is 6.04 Å². The Morgan fingerprint density at radius 1 is 1.53 bits per heavy atom. The molecule has 1 unspecified atom stereocenters. The molecule has 0 aromatic heterocycles. The first-order chi connectivity index (χ1) is 8.15. The topological polar surface area (TPSA) is 50.4 Å². The molecule has 92 valence electrons. The Labute approximate surface area is 103 Å². The number of carbonyl (C=O) groups is 1. The van der Waals surface area contributed by atoms with Crippen LogP contribution in [0.2, 0.25) is 5.02 Å². The van der Waals surface area contributed by atoms with Crippen LogP contribution in [-0.2, 0) is 9.53 Å². The maximum absolute atomic E-state index is 13.0. The molecule has 1 amide bonds. The van der Waals surface area contributed by atoms with Crippen LogP contribution in [0, 0.1) is 5.82 Å². The van der Waals surface area contributed by atoms with E-state index in [0.717, 1.165) is 0 Å². The zero-order valence-corrected chi connectivity index (χ0v) is 9.76. The van der Waals surface area contributed by atoms with E-state index in [-0.39, 0.29) is 10.9 Å². The molecule has 2 N–H and O–H groups in total. The highest BCUT2D eigenvalue weighted by molar-refractivity contribution is 6.30. The van der Waals surface area contributed by atoms with Crippen molar-refractivity contribution in [2.75, 3.05) is 25.1 Å². The molecule has 0 spiro atoms. The van der Waals surface area contributed by atoms with E-state index in [0.29, 0.717) is 25.4 Å². The zero-order chi connectivity index (χ0) is 12.3. The van der Waals surface area contributed by atoms with Crippen molar-refractivity contribution in [1.29, 1.82) is 0 Å². The Hall–Kier alpha value is -1.17. The molecule has 1 aliphatic heterocycles. The van der Waals surface area contributed by atoms with Crippen LogP contribution in [0.3, 0.4) is 0 Å². The highest BCUT2D eigenvalue weighted by Crippen LogP contribution is 2.18. The van der Waals surface area contributed by atoms with Gasteiger partial charge in [0.2, 0.25) is 5.91 Å². The Morgan fingerprint density at radius 3 is 3.00 bits per heavy atom. The number of hydrogen-bond donors (Lipinski definition) is 2. The van der Waals surface area contributed by atoms with Gasteiger partial charge in [0, 0.05) is 17.3 Å². The quantitative estimate of drug-likeness (QED) is 0.843.